The molecule has 0 amide bonds. The van der Waals surface area contributed by atoms with Crippen molar-refractivity contribution in [2.24, 2.45) is 0 Å². The summed E-state index contributed by atoms with van der Waals surface area (Å²) >= 11 is 0. The van der Waals surface area contributed by atoms with Crippen LogP contribution in [0.3, 0.4) is 0 Å². The normalized spacial score (nSPS) is 13.2. The minimum Gasteiger partial charge on any atom is -0.166 e. The van der Waals surface area contributed by atoms with Gasteiger partial charge < -0.3 is 0 Å². The quantitative estimate of drug-likeness (QED) is 0.525. The maximum absolute atomic E-state index is 13.1. The van der Waals surface area contributed by atoms with Crippen LogP contribution in [0.2, 0.25) is 0 Å². The van der Waals surface area contributed by atoms with E-state index >= 15 is 0 Å². The molecule has 0 spiro atoms. The SMILES string of the molecule is Cc1cc(C(F)(F)F)cc(C(C)(C)c2cc(C)cc(C(F)(F)F)c2)c1. The minimum atomic E-state index is -4.51. The zero-order valence-electron chi connectivity index (χ0n) is 14.2. The number of alkyl halides is 6. The molecule has 0 saturated carbocycles. The van der Waals surface area contributed by atoms with Crippen LogP contribution in [0, 0.1) is 13.8 Å². The molecule has 0 saturated heterocycles. The summed E-state index contributed by atoms with van der Waals surface area (Å²) in [5.41, 5.74) is -1.18. The van der Waals surface area contributed by atoms with Crippen molar-refractivity contribution in [2.75, 3.05) is 0 Å². The Morgan fingerprint density at radius 1 is 0.520 bits per heavy atom. The van der Waals surface area contributed by atoms with Gasteiger partial charge in [-0.25, -0.2) is 0 Å². The summed E-state index contributed by atoms with van der Waals surface area (Å²) in [4.78, 5) is 0. The highest BCUT2D eigenvalue weighted by Gasteiger charge is 2.35. The largest absolute Gasteiger partial charge is 0.416 e. The number of rotatable bonds is 2. The van der Waals surface area contributed by atoms with Crippen molar-refractivity contribution in [1.82, 2.24) is 0 Å². The van der Waals surface area contributed by atoms with Crippen molar-refractivity contribution in [1.29, 1.82) is 0 Å². The summed E-state index contributed by atoms with van der Waals surface area (Å²) in [6.45, 7) is 6.31. The zero-order valence-corrected chi connectivity index (χ0v) is 14.2. The van der Waals surface area contributed by atoms with Crippen LogP contribution in [0.15, 0.2) is 36.4 Å². The number of aryl methyl sites for hydroxylation is 2. The van der Waals surface area contributed by atoms with Gasteiger partial charge in [-0.15, -0.1) is 0 Å². The average molecular weight is 360 g/mol. The number of hydrogen-bond donors (Lipinski definition) is 0. The monoisotopic (exact) mass is 360 g/mol. The Kier molecular flexibility index (Phi) is 4.70. The lowest BCUT2D eigenvalue weighted by atomic mass is 9.76. The summed E-state index contributed by atoms with van der Waals surface area (Å²) in [6.07, 6.45) is -9.03. The highest BCUT2D eigenvalue weighted by Crippen LogP contribution is 2.39. The van der Waals surface area contributed by atoms with Crippen molar-refractivity contribution in [3.63, 3.8) is 0 Å². The molecule has 2 rings (SSSR count). The molecule has 6 heteroatoms. The molecular formula is C19H18F6. The van der Waals surface area contributed by atoms with Crippen molar-refractivity contribution in [2.45, 2.75) is 45.5 Å². The molecule has 2 aromatic rings. The molecule has 0 atom stereocenters. The van der Waals surface area contributed by atoms with Gasteiger partial charge in [0.15, 0.2) is 0 Å². The van der Waals surface area contributed by atoms with E-state index in [1.807, 2.05) is 0 Å². The van der Waals surface area contributed by atoms with Crippen LogP contribution >= 0.6 is 0 Å². The second-order valence-corrected chi connectivity index (χ2v) is 6.80. The van der Waals surface area contributed by atoms with Gasteiger partial charge in [-0.05, 0) is 49.2 Å². The Balaban J connectivity index is 2.63. The van der Waals surface area contributed by atoms with Crippen LogP contribution < -0.4 is 0 Å². The molecule has 0 unspecified atom stereocenters. The van der Waals surface area contributed by atoms with E-state index in [2.05, 4.69) is 0 Å². The lowest BCUT2D eigenvalue weighted by Gasteiger charge is -2.28. The van der Waals surface area contributed by atoms with Gasteiger partial charge in [-0.3, -0.25) is 0 Å². The molecule has 0 bridgehead atoms. The third kappa shape index (κ3) is 4.17. The first kappa shape index (κ1) is 19.3. The number of halogens is 6. The van der Waals surface area contributed by atoms with E-state index in [0.717, 1.165) is 24.3 Å². The van der Waals surface area contributed by atoms with Gasteiger partial charge >= 0.3 is 12.4 Å². The Bertz CT molecular complexity index is 716. The van der Waals surface area contributed by atoms with Gasteiger partial charge in [0.25, 0.3) is 0 Å². The predicted octanol–water partition coefficient (Wildman–Crippen LogP) is 6.67. The maximum Gasteiger partial charge on any atom is 0.416 e. The van der Waals surface area contributed by atoms with Crippen molar-refractivity contribution >= 4 is 0 Å². The fraction of sp³-hybridized carbons (Fsp3) is 0.368. The lowest BCUT2D eigenvalue weighted by molar-refractivity contribution is -0.138. The molecule has 0 heterocycles. The lowest BCUT2D eigenvalue weighted by Crippen LogP contribution is -2.21. The molecule has 0 aliphatic heterocycles. The van der Waals surface area contributed by atoms with Crippen LogP contribution in [0.5, 0.6) is 0 Å². The van der Waals surface area contributed by atoms with Gasteiger partial charge in [0.2, 0.25) is 0 Å². The number of benzene rings is 2. The summed E-state index contributed by atoms with van der Waals surface area (Å²) in [5.74, 6) is 0. The van der Waals surface area contributed by atoms with E-state index < -0.39 is 28.9 Å². The molecule has 0 aromatic heterocycles. The minimum absolute atomic E-state index is 0.318. The molecule has 0 radical (unpaired) electrons. The molecule has 0 aliphatic rings. The van der Waals surface area contributed by atoms with Gasteiger partial charge in [0.1, 0.15) is 0 Å². The molecule has 25 heavy (non-hydrogen) atoms. The van der Waals surface area contributed by atoms with Crippen molar-refractivity contribution < 1.29 is 26.3 Å². The van der Waals surface area contributed by atoms with E-state index in [-0.39, 0.29) is 0 Å². The van der Waals surface area contributed by atoms with Crippen LogP contribution in [0.4, 0.5) is 26.3 Å². The van der Waals surface area contributed by atoms with E-state index in [9.17, 15) is 26.3 Å². The highest BCUT2D eigenvalue weighted by atomic mass is 19.4. The summed E-state index contributed by atoms with van der Waals surface area (Å²) in [7, 11) is 0. The van der Waals surface area contributed by atoms with E-state index in [1.54, 1.807) is 26.0 Å². The average Bonchev–Trinajstić information content (AvgIpc) is 2.44. The molecule has 0 N–H and O–H groups in total. The first-order chi connectivity index (χ1) is 11.2. The van der Waals surface area contributed by atoms with Gasteiger partial charge in [0, 0.05) is 5.41 Å². The van der Waals surface area contributed by atoms with Crippen LogP contribution in [-0.4, -0.2) is 0 Å². The van der Waals surface area contributed by atoms with E-state index in [4.69, 9.17) is 0 Å². The molecule has 0 aliphatic carbocycles. The van der Waals surface area contributed by atoms with E-state index in [1.165, 1.54) is 13.8 Å². The van der Waals surface area contributed by atoms with Gasteiger partial charge in [-0.2, -0.15) is 26.3 Å². The Hall–Kier alpha value is -1.98. The summed E-state index contributed by atoms with van der Waals surface area (Å²) in [5, 5.41) is 0. The van der Waals surface area contributed by atoms with Crippen LogP contribution in [0.25, 0.3) is 0 Å². The van der Waals surface area contributed by atoms with Crippen LogP contribution in [-0.2, 0) is 17.8 Å². The van der Waals surface area contributed by atoms with E-state index in [0.29, 0.717) is 22.3 Å². The highest BCUT2D eigenvalue weighted by molar-refractivity contribution is 5.45. The fourth-order valence-electron chi connectivity index (χ4n) is 2.78. The first-order valence-corrected chi connectivity index (χ1v) is 7.60. The molecule has 0 fully saturated rings. The topological polar surface area (TPSA) is 0 Å². The Morgan fingerprint density at radius 2 is 0.800 bits per heavy atom. The third-order valence-electron chi connectivity index (χ3n) is 4.25. The predicted molar refractivity (Wildman–Crippen MR) is 84.5 cm³/mol. The molecular weight excluding hydrogens is 342 g/mol. The Morgan fingerprint density at radius 3 is 1.08 bits per heavy atom. The summed E-state index contributed by atoms with van der Waals surface area (Å²) < 4.78 is 78.4. The second kappa shape index (κ2) is 6.07. The van der Waals surface area contributed by atoms with Crippen molar-refractivity contribution in [3.8, 4) is 0 Å². The summed E-state index contributed by atoms with van der Waals surface area (Å²) in [6, 6.07) is 7.20. The maximum atomic E-state index is 13.1. The third-order valence-corrected chi connectivity index (χ3v) is 4.25. The van der Waals surface area contributed by atoms with Gasteiger partial charge in [-0.1, -0.05) is 37.1 Å². The van der Waals surface area contributed by atoms with Crippen LogP contribution in [0.1, 0.15) is 47.2 Å². The van der Waals surface area contributed by atoms with Gasteiger partial charge in [0.05, 0.1) is 11.1 Å². The molecule has 136 valence electrons. The standard InChI is InChI=1S/C19H18F6/c1-11-5-13(9-15(7-11)18(20,21)22)17(3,4)14-6-12(2)8-16(10-14)19(23,24)25/h5-10H,1-4H3. The molecule has 2 aromatic carbocycles. The number of hydrogen-bond acceptors (Lipinski definition) is 0. The zero-order chi connectivity index (χ0) is 19.2. The molecule has 0 nitrogen and oxygen atoms in total. The Labute approximate surface area is 142 Å². The first-order valence-electron chi connectivity index (χ1n) is 7.60. The fourth-order valence-corrected chi connectivity index (χ4v) is 2.78. The van der Waals surface area contributed by atoms with Crippen molar-refractivity contribution in [3.05, 3.63) is 69.8 Å². The second-order valence-electron chi connectivity index (χ2n) is 6.80. The smallest absolute Gasteiger partial charge is 0.166 e.